The Balaban J connectivity index is 0. The molecule has 13 heavy (non-hydrogen) atoms. The fourth-order valence-electron chi connectivity index (χ4n) is 0.675. The zero-order valence-corrected chi connectivity index (χ0v) is 8.76. The quantitative estimate of drug-likeness (QED) is 0.814. The number of primary sulfonamides is 1. The molecule has 2 N–H and O–H groups in total. The van der Waals surface area contributed by atoms with E-state index in [2.05, 4.69) is 5.14 Å². The van der Waals surface area contributed by atoms with Crippen LogP contribution in [0.25, 0.3) is 0 Å². The first-order chi connectivity index (χ1) is 5.02. The molecule has 1 rings (SSSR count). The summed E-state index contributed by atoms with van der Waals surface area (Å²) >= 11 is 0. The van der Waals surface area contributed by atoms with Crippen LogP contribution in [-0.4, -0.2) is 8.42 Å². The van der Waals surface area contributed by atoms with Gasteiger partial charge in [-0.2, -0.15) is 0 Å². The summed E-state index contributed by atoms with van der Waals surface area (Å²) < 4.78 is 33.8. The Bertz CT molecular complexity index is 369. The molecule has 0 aromatic heterocycles. The summed E-state index contributed by atoms with van der Waals surface area (Å²) in [5.74, 6) is -0.824. The molecule has 0 spiro atoms. The highest BCUT2D eigenvalue weighted by atomic mass is 35.5. The molecule has 76 valence electrons. The second kappa shape index (κ2) is 5.39. The highest BCUT2D eigenvalue weighted by Gasteiger charge is 2.11. The number of nitrogens with two attached hydrogens (primary N) is 1. The average molecular weight is 248 g/mol. The van der Waals surface area contributed by atoms with Gasteiger partial charge in [0, 0.05) is 0 Å². The van der Waals surface area contributed by atoms with Crippen molar-refractivity contribution >= 4 is 34.8 Å². The van der Waals surface area contributed by atoms with Crippen molar-refractivity contribution in [2.24, 2.45) is 5.14 Å². The predicted octanol–water partition coefficient (Wildman–Crippen LogP) is 1.32. The van der Waals surface area contributed by atoms with Crippen LogP contribution in [-0.2, 0) is 10.0 Å². The monoisotopic (exact) mass is 247 g/mol. The third-order valence-electron chi connectivity index (χ3n) is 1.14. The number of halogens is 3. The van der Waals surface area contributed by atoms with Crippen LogP contribution in [0.15, 0.2) is 29.2 Å². The lowest BCUT2D eigenvalue weighted by molar-refractivity contribution is 0.568. The predicted molar refractivity (Wildman–Crippen MR) is 52.3 cm³/mol. The number of hydrogen-bond acceptors (Lipinski definition) is 2. The van der Waals surface area contributed by atoms with Gasteiger partial charge in [-0.3, -0.25) is 0 Å². The third kappa shape index (κ3) is 3.91. The number of sulfonamides is 1. The van der Waals surface area contributed by atoms with E-state index in [1.54, 1.807) is 0 Å². The SMILES string of the molecule is Cl.Cl.NS(=O)(=O)c1ccccc1F. The fraction of sp³-hybridized carbons (Fsp3) is 0. The summed E-state index contributed by atoms with van der Waals surface area (Å²) in [6.45, 7) is 0. The third-order valence-corrected chi connectivity index (χ3v) is 2.09. The van der Waals surface area contributed by atoms with Crippen molar-refractivity contribution in [2.45, 2.75) is 4.90 Å². The Morgan fingerprint density at radius 1 is 1.15 bits per heavy atom. The first-order valence-electron chi connectivity index (χ1n) is 2.79. The second-order valence-electron chi connectivity index (χ2n) is 1.98. The highest BCUT2D eigenvalue weighted by molar-refractivity contribution is 7.89. The minimum atomic E-state index is -3.91. The lowest BCUT2D eigenvalue weighted by atomic mass is 10.4. The fourth-order valence-corrected chi connectivity index (χ4v) is 1.28. The molecule has 0 aliphatic rings. The van der Waals surface area contributed by atoms with E-state index in [4.69, 9.17) is 0 Å². The second-order valence-corrected chi connectivity index (χ2v) is 3.51. The maximum Gasteiger partial charge on any atom is 0.240 e. The molecule has 7 heteroatoms. The van der Waals surface area contributed by atoms with E-state index < -0.39 is 20.7 Å². The zero-order chi connectivity index (χ0) is 8.48. The van der Waals surface area contributed by atoms with Crippen molar-refractivity contribution in [1.82, 2.24) is 0 Å². The van der Waals surface area contributed by atoms with E-state index in [0.29, 0.717) is 0 Å². The molecule has 0 fully saturated rings. The van der Waals surface area contributed by atoms with Gasteiger partial charge in [-0.15, -0.1) is 24.8 Å². The van der Waals surface area contributed by atoms with Crippen LogP contribution in [0, 0.1) is 5.82 Å². The van der Waals surface area contributed by atoms with Crippen molar-refractivity contribution in [3.63, 3.8) is 0 Å². The van der Waals surface area contributed by atoms with Crippen LogP contribution in [0.2, 0.25) is 0 Å². The first-order valence-corrected chi connectivity index (χ1v) is 4.34. The molecule has 0 saturated carbocycles. The van der Waals surface area contributed by atoms with Gasteiger partial charge in [0.2, 0.25) is 10.0 Å². The van der Waals surface area contributed by atoms with Crippen LogP contribution < -0.4 is 5.14 Å². The molecule has 0 aliphatic heterocycles. The van der Waals surface area contributed by atoms with E-state index in [-0.39, 0.29) is 24.8 Å². The molecule has 0 aliphatic carbocycles. The first kappa shape index (κ1) is 15.1. The van der Waals surface area contributed by atoms with Crippen LogP contribution in [0.5, 0.6) is 0 Å². The molecule has 0 atom stereocenters. The van der Waals surface area contributed by atoms with E-state index in [1.165, 1.54) is 12.1 Å². The van der Waals surface area contributed by atoms with Gasteiger partial charge in [-0.05, 0) is 12.1 Å². The largest absolute Gasteiger partial charge is 0.240 e. The minimum absolute atomic E-state index is 0. The average Bonchev–Trinajstić information content (AvgIpc) is 1.86. The van der Waals surface area contributed by atoms with Crippen molar-refractivity contribution in [3.05, 3.63) is 30.1 Å². The Hall–Kier alpha value is -0.360. The molecule has 0 radical (unpaired) electrons. The van der Waals surface area contributed by atoms with Gasteiger partial charge in [0.15, 0.2) is 0 Å². The molecule has 1 aromatic carbocycles. The zero-order valence-electron chi connectivity index (χ0n) is 6.31. The van der Waals surface area contributed by atoms with Gasteiger partial charge in [-0.25, -0.2) is 17.9 Å². The number of rotatable bonds is 1. The molecule has 0 heterocycles. The van der Waals surface area contributed by atoms with Crippen LogP contribution in [0.1, 0.15) is 0 Å². The van der Waals surface area contributed by atoms with Crippen LogP contribution in [0.3, 0.4) is 0 Å². The summed E-state index contributed by atoms with van der Waals surface area (Å²) in [4.78, 5) is -0.472. The van der Waals surface area contributed by atoms with E-state index in [0.717, 1.165) is 12.1 Å². The molecule has 0 amide bonds. The van der Waals surface area contributed by atoms with Gasteiger partial charge in [0.25, 0.3) is 0 Å². The van der Waals surface area contributed by atoms with Crippen molar-refractivity contribution < 1.29 is 12.8 Å². The topological polar surface area (TPSA) is 60.2 Å². The lowest BCUT2D eigenvalue weighted by Gasteiger charge is -1.97. The van der Waals surface area contributed by atoms with Crippen molar-refractivity contribution in [2.75, 3.05) is 0 Å². The molecule has 0 bridgehead atoms. The summed E-state index contributed by atoms with van der Waals surface area (Å²) in [7, 11) is -3.91. The highest BCUT2D eigenvalue weighted by Crippen LogP contribution is 2.10. The lowest BCUT2D eigenvalue weighted by Crippen LogP contribution is -2.13. The van der Waals surface area contributed by atoms with Gasteiger partial charge >= 0.3 is 0 Å². The smallest absolute Gasteiger partial charge is 0.225 e. The minimum Gasteiger partial charge on any atom is -0.225 e. The number of benzene rings is 1. The van der Waals surface area contributed by atoms with Crippen LogP contribution in [0.4, 0.5) is 4.39 Å². The standard InChI is InChI=1S/C6H6FNO2S.2ClH/c7-5-3-1-2-4-6(5)11(8,9)10;;/h1-4H,(H2,8,9,10);2*1H. The Kier molecular flexibility index (Phi) is 6.27. The summed E-state index contributed by atoms with van der Waals surface area (Å²) in [5, 5.41) is 4.69. The van der Waals surface area contributed by atoms with E-state index in [1.807, 2.05) is 0 Å². The van der Waals surface area contributed by atoms with E-state index >= 15 is 0 Å². The summed E-state index contributed by atoms with van der Waals surface area (Å²) in [5.41, 5.74) is 0. The molecular formula is C6H8Cl2FNO2S. The van der Waals surface area contributed by atoms with Gasteiger partial charge in [0.1, 0.15) is 10.7 Å². The van der Waals surface area contributed by atoms with Gasteiger partial charge < -0.3 is 0 Å². The number of hydrogen-bond donors (Lipinski definition) is 1. The van der Waals surface area contributed by atoms with Gasteiger partial charge in [-0.1, -0.05) is 12.1 Å². The molecule has 0 saturated heterocycles. The van der Waals surface area contributed by atoms with E-state index in [9.17, 15) is 12.8 Å². The normalized spacial score (nSPS) is 9.69. The molecule has 1 aromatic rings. The Labute approximate surface area is 88.0 Å². The maximum absolute atomic E-state index is 12.6. The molecule has 0 unspecified atom stereocenters. The Morgan fingerprint density at radius 3 is 1.92 bits per heavy atom. The van der Waals surface area contributed by atoms with Crippen molar-refractivity contribution in [1.29, 1.82) is 0 Å². The summed E-state index contributed by atoms with van der Waals surface area (Å²) in [6.07, 6.45) is 0. The summed E-state index contributed by atoms with van der Waals surface area (Å²) in [6, 6.07) is 4.96. The Morgan fingerprint density at radius 2 is 1.62 bits per heavy atom. The van der Waals surface area contributed by atoms with Gasteiger partial charge in [0.05, 0.1) is 0 Å². The van der Waals surface area contributed by atoms with Crippen LogP contribution >= 0.6 is 24.8 Å². The molecular weight excluding hydrogens is 240 g/mol. The van der Waals surface area contributed by atoms with Crippen molar-refractivity contribution in [3.8, 4) is 0 Å². The molecule has 3 nitrogen and oxygen atoms in total. The maximum atomic E-state index is 12.6.